The maximum atomic E-state index is 10.5. The largest absolute Gasteiger partial charge is 0.425 e. The van der Waals surface area contributed by atoms with E-state index in [2.05, 4.69) is 0 Å². The van der Waals surface area contributed by atoms with Gasteiger partial charge >= 0.3 is 11.9 Å². The topological polar surface area (TPSA) is 61.8 Å². The zero-order valence-corrected chi connectivity index (χ0v) is 8.03. The first-order chi connectivity index (χ1) is 6.06. The van der Waals surface area contributed by atoms with Gasteiger partial charge in [0.1, 0.15) is 0 Å². The fourth-order valence-electron chi connectivity index (χ4n) is 0.726. The zero-order valence-electron chi connectivity index (χ0n) is 8.03. The summed E-state index contributed by atoms with van der Waals surface area (Å²) in [5, 5.41) is 0. The van der Waals surface area contributed by atoms with Crippen molar-refractivity contribution in [1.82, 2.24) is 0 Å². The highest BCUT2D eigenvalue weighted by molar-refractivity contribution is 5.68. The molecule has 0 saturated carbocycles. The Morgan fingerprint density at radius 3 is 1.92 bits per heavy atom. The molecule has 5 heteroatoms. The minimum absolute atomic E-state index is 0.343. The Hall–Kier alpha value is -1.10. The van der Waals surface area contributed by atoms with Crippen molar-refractivity contribution < 1.29 is 23.8 Å². The van der Waals surface area contributed by atoms with Gasteiger partial charge in [-0.3, -0.25) is 9.59 Å². The first kappa shape index (κ1) is 11.9. The molecule has 13 heavy (non-hydrogen) atoms. The van der Waals surface area contributed by atoms with E-state index in [4.69, 9.17) is 14.2 Å². The second kappa shape index (κ2) is 6.42. The maximum Gasteiger partial charge on any atom is 0.305 e. The highest BCUT2D eigenvalue weighted by Crippen LogP contribution is 2.02. The number of rotatable bonds is 5. The summed E-state index contributed by atoms with van der Waals surface area (Å²) in [6, 6.07) is 0. The van der Waals surface area contributed by atoms with E-state index in [1.807, 2.05) is 0 Å². The molecule has 0 N–H and O–H groups in total. The van der Waals surface area contributed by atoms with Crippen LogP contribution in [0.4, 0.5) is 0 Å². The third-order valence-corrected chi connectivity index (χ3v) is 1.15. The quantitative estimate of drug-likeness (QED) is 0.466. The second-order valence-corrected chi connectivity index (χ2v) is 2.43. The van der Waals surface area contributed by atoms with Crippen LogP contribution in [0, 0.1) is 0 Å². The Morgan fingerprint density at radius 1 is 1.15 bits per heavy atom. The van der Waals surface area contributed by atoms with Gasteiger partial charge in [-0.25, -0.2) is 0 Å². The molecule has 0 aromatic rings. The molecule has 0 saturated heterocycles. The third-order valence-electron chi connectivity index (χ3n) is 1.15. The molecule has 5 nitrogen and oxygen atoms in total. The van der Waals surface area contributed by atoms with E-state index in [1.54, 1.807) is 0 Å². The molecule has 0 rings (SSSR count). The summed E-state index contributed by atoms with van der Waals surface area (Å²) in [5.74, 6) is -0.968. The summed E-state index contributed by atoms with van der Waals surface area (Å²) in [5.41, 5.74) is 0. The molecular weight excluding hydrogens is 176 g/mol. The number of esters is 2. The fourth-order valence-corrected chi connectivity index (χ4v) is 0.726. The van der Waals surface area contributed by atoms with Gasteiger partial charge in [-0.05, 0) is 0 Å². The van der Waals surface area contributed by atoms with Crippen molar-refractivity contribution in [3.63, 3.8) is 0 Å². The second-order valence-electron chi connectivity index (χ2n) is 2.43. The predicted octanol–water partition coefficient (Wildman–Crippen LogP) is 0.475. The van der Waals surface area contributed by atoms with Crippen LogP contribution in [0.15, 0.2) is 0 Å². The molecule has 0 aliphatic carbocycles. The van der Waals surface area contributed by atoms with Crippen LogP contribution >= 0.6 is 0 Å². The van der Waals surface area contributed by atoms with Gasteiger partial charge < -0.3 is 14.2 Å². The summed E-state index contributed by atoms with van der Waals surface area (Å²) >= 11 is 0. The Labute approximate surface area is 77.0 Å². The van der Waals surface area contributed by atoms with Crippen LogP contribution in [0.3, 0.4) is 0 Å². The first-order valence-electron chi connectivity index (χ1n) is 3.89. The molecule has 0 heterocycles. The Balaban J connectivity index is 3.87. The Kier molecular flexibility index (Phi) is 5.88. The summed E-state index contributed by atoms with van der Waals surface area (Å²) in [4.78, 5) is 21.1. The van der Waals surface area contributed by atoms with Crippen LogP contribution in [0.1, 0.15) is 20.3 Å². The van der Waals surface area contributed by atoms with Gasteiger partial charge in [-0.2, -0.15) is 0 Å². The molecule has 0 aromatic heterocycles. The third kappa shape index (κ3) is 7.27. The van der Waals surface area contributed by atoms with E-state index in [-0.39, 0.29) is 0 Å². The summed E-state index contributed by atoms with van der Waals surface area (Å²) in [7, 11) is 1.51. The average Bonchev–Trinajstić information content (AvgIpc) is 1.98. The maximum absolute atomic E-state index is 10.5. The number of hydrogen-bond donors (Lipinski definition) is 0. The molecule has 76 valence electrons. The van der Waals surface area contributed by atoms with Gasteiger partial charge in [-0.1, -0.05) is 0 Å². The molecule has 0 unspecified atom stereocenters. The van der Waals surface area contributed by atoms with Crippen LogP contribution in [0.25, 0.3) is 0 Å². The van der Waals surface area contributed by atoms with Crippen molar-refractivity contribution in [3.05, 3.63) is 0 Å². The number of carbonyl (C=O) groups excluding carboxylic acids is 2. The number of ether oxygens (including phenoxy) is 3. The van der Waals surface area contributed by atoms with E-state index < -0.39 is 18.2 Å². The van der Waals surface area contributed by atoms with Crippen molar-refractivity contribution in [2.45, 2.75) is 26.6 Å². The molecule has 0 aliphatic rings. The highest BCUT2D eigenvalue weighted by atomic mass is 16.7. The Morgan fingerprint density at radius 2 is 1.62 bits per heavy atom. The predicted molar refractivity (Wildman–Crippen MR) is 43.8 cm³/mol. The van der Waals surface area contributed by atoms with Crippen molar-refractivity contribution in [1.29, 1.82) is 0 Å². The van der Waals surface area contributed by atoms with Crippen molar-refractivity contribution in [2.75, 3.05) is 13.7 Å². The monoisotopic (exact) mass is 190 g/mol. The average molecular weight is 190 g/mol. The molecule has 0 bridgehead atoms. The highest BCUT2D eigenvalue weighted by Gasteiger charge is 2.14. The van der Waals surface area contributed by atoms with E-state index >= 15 is 0 Å². The van der Waals surface area contributed by atoms with Crippen LogP contribution in [0.5, 0.6) is 0 Å². The summed E-state index contributed by atoms with van der Waals surface area (Å²) in [6.45, 7) is 2.87. The molecule has 0 atom stereocenters. The number of carbonyl (C=O) groups is 2. The minimum Gasteiger partial charge on any atom is -0.425 e. The van der Waals surface area contributed by atoms with Gasteiger partial charge in [0.25, 0.3) is 0 Å². The molecule has 0 aliphatic heterocycles. The van der Waals surface area contributed by atoms with Gasteiger partial charge in [0.2, 0.25) is 6.29 Å². The van der Waals surface area contributed by atoms with Crippen molar-refractivity contribution in [2.24, 2.45) is 0 Å². The summed E-state index contributed by atoms with van der Waals surface area (Å²) < 4.78 is 14.2. The number of hydrogen-bond acceptors (Lipinski definition) is 5. The zero-order chi connectivity index (χ0) is 10.3. The van der Waals surface area contributed by atoms with Crippen molar-refractivity contribution in [3.8, 4) is 0 Å². The lowest BCUT2D eigenvalue weighted by Crippen LogP contribution is -2.23. The normalized spacial score (nSPS) is 9.85. The lowest BCUT2D eigenvalue weighted by molar-refractivity contribution is -0.187. The van der Waals surface area contributed by atoms with E-state index in [0.717, 1.165) is 0 Å². The smallest absolute Gasteiger partial charge is 0.305 e. The van der Waals surface area contributed by atoms with E-state index in [0.29, 0.717) is 13.0 Å². The number of methoxy groups -OCH3 is 1. The molecule has 0 fully saturated rings. The molecule has 0 aromatic carbocycles. The fraction of sp³-hybridized carbons (Fsp3) is 0.750. The van der Waals surface area contributed by atoms with Crippen LogP contribution in [0.2, 0.25) is 0 Å². The molecule has 0 amide bonds. The summed E-state index contributed by atoms with van der Waals surface area (Å²) in [6.07, 6.45) is -0.495. The molecule has 0 spiro atoms. The Bertz CT molecular complexity index is 161. The first-order valence-corrected chi connectivity index (χ1v) is 3.89. The van der Waals surface area contributed by atoms with E-state index in [1.165, 1.54) is 21.0 Å². The standard InChI is InChI=1S/C8H14O5/c1-6(9)12-8(4-5-11-3)13-7(2)10/h8H,4-5H2,1-3H3. The SMILES string of the molecule is COCCC(OC(C)=O)OC(C)=O. The van der Waals surface area contributed by atoms with Gasteiger partial charge in [0.15, 0.2) is 0 Å². The van der Waals surface area contributed by atoms with Gasteiger partial charge in [0.05, 0.1) is 6.61 Å². The van der Waals surface area contributed by atoms with E-state index in [9.17, 15) is 9.59 Å². The van der Waals surface area contributed by atoms with Gasteiger partial charge in [0, 0.05) is 27.4 Å². The lowest BCUT2D eigenvalue weighted by Gasteiger charge is -2.15. The van der Waals surface area contributed by atoms with Crippen LogP contribution < -0.4 is 0 Å². The molecular formula is C8H14O5. The van der Waals surface area contributed by atoms with Crippen molar-refractivity contribution >= 4 is 11.9 Å². The van der Waals surface area contributed by atoms with Crippen LogP contribution in [-0.4, -0.2) is 31.9 Å². The van der Waals surface area contributed by atoms with Crippen LogP contribution in [-0.2, 0) is 23.8 Å². The van der Waals surface area contributed by atoms with Gasteiger partial charge in [-0.15, -0.1) is 0 Å². The minimum atomic E-state index is -0.838. The molecule has 0 radical (unpaired) electrons. The lowest BCUT2D eigenvalue weighted by atomic mass is 10.4.